The molecule has 44 heavy (non-hydrogen) atoms. The van der Waals surface area contributed by atoms with Gasteiger partial charge in [-0.2, -0.15) is 0 Å². The lowest BCUT2D eigenvalue weighted by Gasteiger charge is -2.10. The summed E-state index contributed by atoms with van der Waals surface area (Å²) >= 11 is 3.29. The van der Waals surface area contributed by atoms with E-state index >= 15 is 0 Å². The Kier molecular flexibility index (Phi) is 9.44. The van der Waals surface area contributed by atoms with Gasteiger partial charge in [0, 0.05) is 42.2 Å². The number of ether oxygens (including phenoxy) is 4. The molecule has 5 aromatic rings. The zero-order valence-corrected chi connectivity index (χ0v) is 25.6. The van der Waals surface area contributed by atoms with Crippen LogP contribution in [0.3, 0.4) is 0 Å². The first-order valence-electron chi connectivity index (χ1n) is 14.3. The monoisotopic (exact) mass is 662 g/mol. The molecule has 0 aliphatic heterocycles. The standard InChI is InChI=1S/C31H31BrN6O6/c1-33-29-23-17-35-28(38-30(39)19-2-3-19)15-22(23)24(18-36-29)31-37-25-14-20(4-6-26(25)44-31)42-12-10-40-8-9-41-11-13-43-21-5-7-27(32)34-16-21/h4-7,14-19H,2-3,8-13H2,1H3,(H,33,36)(H,35,38,39). The molecule has 1 fully saturated rings. The van der Waals surface area contributed by atoms with Gasteiger partial charge < -0.3 is 34.0 Å². The number of carbonyl (C=O) groups is 1. The number of amides is 1. The van der Waals surface area contributed by atoms with Crippen LogP contribution in [0, 0.1) is 5.92 Å². The van der Waals surface area contributed by atoms with E-state index in [1.54, 1.807) is 25.6 Å². The maximum Gasteiger partial charge on any atom is 0.229 e. The van der Waals surface area contributed by atoms with Crippen LogP contribution in [0.4, 0.5) is 11.6 Å². The van der Waals surface area contributed by atoms with Gasteiger partial charge >= 0.3 is 0 Å². The second-order valence-corrected chi connectivity index (χ2v) is 10.8. The summed E-state index contributed by atoms with van der Waals surface area (Å²) < 4.78 is 29.4. The predicted octanol–water partition coefficient (Wildman–Crippen LogP) is 5.48. The van der Waals surface area contributed by atoms with Crippen LogP contribution in [0.25, 0.3) is 33.3 Å². The van der Waals surface area contributed by atoms with Gasteiger partial charge in [0.1, 0.15) is 46.5 Å². The number of benzene rings is 1. The van der Waals surface area contributed by atoms with Crippen molar-refractivity contribution in [2.75, 3.05) is 57.3 Å². The Labute approximate surface area is 261 Å². The molecule has 1 aliphatic rings. The van der Waals surface area contributed by atoms with Gasteiger partial charge in [0.25, 0.3) is 0 Å². The molecule has 0 unspecified atom stereocenters. The maximum atomic E-state index is 12.3. The molecule has 1 aliphatic carbocycles. The Morgan fingerprint density at radius 1 is 0.886 bits per heavy atom. The van der Waals surface area contributed by atoms with Gasteiger partial charge in [0.2, 0.25) is 11.8 Å². The van der Waals surface area contributed by atoms with E-state index < -0.39 is 0 Å². The minimum atomic E-state index is -0.00831. The van der Waals surface area contributed by atoms with Crippen molar-refractivity contribution >= 4 is 55.3 Å². The molecule has 4 heterocycles. The summed E-state index contributed by atoms with van der Waals surface area (Å²) in [6, 6.07) is 11.0. The van der Waals surface area contributed by atoms with Crippen LogP contribution in [0.1, 0.15) is 12.8 Å². The minimum absolute atomic E-state index is 0.00831. The summed E-state index contributed by atoms with van der Waals surface area (Å²) in [6.07, 6.45) is 6.88. The topological polar surface area (TPSA) is 143 Å². The van der Waals surface area contributed by atoms with Gasteiger partial charge in [-0.25, -0.2) is 19.9 Å². The molecule has 4 aromatic heterocycles. The molecular formula is C31H31BrN6O6. The summed E-state index contributed by atoms with van der Waals surface area (Å²) in [6.45, 7) is 2.58. The lowest BCUT2D eigenvalue weighted by atomic mass is 10.1. The van der Waals surface area contributed by atoms with Crippen molar-refractivity contribution in [2.45, 2.75) is 12.8 Å². The Morgan fingerprint density at radius 2 is 1.64 bits per heavy atom. The summed E-state index contributed by atoms with van der Waals surface area (Å²) in [5.74, 6) is 2.97. The van der Waals surface area contributed by atoms with Crippen LogP contribution in [-0.4, -0.2) is 72.5 Å². The Bertz CT molecular complexity index is 1740. The van der Waals surface area contributed by atoms with E-state index in [1.807, 2.05) is 36.4 Å². The minimum Gasteiger partial charge on any atom is -0.491 e. The molecule has 228 valence electrons. The van der Waals surface area contributed by atoms with E-state index in [9.17, 15) is 4.79 Å². The maximum absolute atomic E-state index is 12.3. The largest absolute Gasteiger partial charge is 0.491 e. The number of aromatic nitrogens is 4. The first kappa shape index (κ1) is 29.7. The molecule has 1 amide bonds. The molecule has 0 bridgehead atoms. The van der Waals surface area contributed by atoms with Gasteiger partial charge in [0.05, 0.1) is 38.2 Å². The number of halogens is 1. The van der Waals surface area contributed by atoms with E-state index in [-0.39, 0.29) is 11.8 Å². The second-order valence-electron chi connectivity index (χ2n) is 10.0. The van der Waals surface area contributed by atoms with Crippen molar-refractivity contribution in [3.05, 3.63) is 59.6 Å². The summed E-state index contributed by atoms with van der Waals surface area (Å²) in [5, 5.41) is 7.60. The summed E-state index contributed by atoms with van der Waals surface area (Å²) in [5.41, 5.74) is 1.95. The van der Waals surface area contributed by atoms with Crippen LogP contribution in [0.15, 0.2) is 64.0 Å². The lowest BCUT2D eigenvalue weighted by molar-refractivity contribution is -0.117. The average Bonchev–Trinajstić information content (AvgIpc) is 3.81. The van der Waals surface area contributed by atoms with Crippen molar-refractivity contribution in [3.8, 4) is 23.0 Å². The van der Waals surface area contributed by atoms with Gasteiger partial charge in [-0.1, -0.05) is 0 Å². The van der Waals surface area contributed by atoms with E-state index in [4.69, 9.17) is 28.3 Å². The fraction of sp³-hybridized carbons (Fsp3) is 0.323. The number of pyridine rings is 3. The fourth-order valence-electron chi connectivity index (χ4n) is 4.47. The first-order chi connectivity index (χ1) is 21.6. The zero-order valence-electron chi connectivity index (χ0n) is 24.0. The molecule has 12 nitrogen and oxygen atoms in total. The van der Waals surface area contributed by atoms with Crippen LogP contribution < -0.4 is 20.1 Å². The van der Waals surface area contributed by atoms with E-state index in [1.165, 1.54) is 0 Å². The van der Waals surface area contributed by atoms with Gasteiger partial charge in [-0.3, -0.25) is 4.79 Å². The van der Waals surface area contributed by atoms with E-state index in [0.29, 0.717) is 85.3 Å². The van der Waals surface area contributed by atoms with Gasteiger partial charge in [-0.05, 0) is 59.1 Å². The number of oxazole rings is 1. The highest BCUT2D eigenvalue weighted by Gasteiger charge is 2.30. The molecular weight excluding hydrogens is 632 g/mol. The Balaban J connectivity index is 1.01. The number of hydrogen-bond donors (Lipinski definition) is 2. The third kappa shape index (κ3) is 7.41. The molecule has 1 aromatic carbocycles. The molecule has 6 rings (SSSR count). The molecule has 13 heteroatoms. The highest BCUT2D eigenvalue weighted by atomic mass is 79.9. The zero-order chi connectivity index (χ0) is 30.3. The molecule has 0 spiro atoms. The van der Waals surface area contributed by atoms with Crippen molar-refractivity contribution in [1.29, 1.82) is 0 Å². The number of carbonyl (C=O) groups excluding carboxylic acids is 1. The molecule has 0 radical (unpaired) electrons. The number of anilines is 2. The van der Waals surface area contributed by atoms with Crippen molar-refractivity contribution in [1.82, 2.24) is 19.9 Å². The normalized spacial score (nSPS) is 12.9. The van der Waals surface area contributed by atoms with Gasteiger partial charge in [0.15, 0.2) is 5.58 Å². The summed E-state index contributed by atoms with van der Waals surface area (Å²) in [7, 11) is 1.80. The Hall–Kier alpha value is -4.33. The Morgan fingerprint density at radius 3 is 2.36 bits per heavy atom. The first-order valence-corrected chi connectivity index (χ1v) is 15.1. The van der Waals surface area contributed by atoms with Crippen LogP contribution >= 0.6 is 15.9 Å². The smallest absolute Gasteiger partial charge is 0.229 e. The SMILES string of the molecule is CNc1ncc(-c2nc3cc(OCCOCCOCCOc4ccc(Br)nc4)ccc3o2)c2cc(NC(=O)C3CC3)ncc12. The number of nitrogens with one attached hydrogen (secondary N) is 2. The van der Waals surface area contributed by atoms with Crippen molar-refractivity contribution in [3.63, 3.8) is 0 Å². The third-order valence-corrected chi connectivity index (χ3v) is 7.33. The van der Waals surface area contributed by atoms with Crippen molar-refractivity contribution < 1.29 is 28.2 Å². The highest BCUT2D eigenvalue weighted by molar-refractivity contribution is 9.10. The molecule has 0 saturated heterocycles. The molecule has 0 atom stereocenters. The van der Waals surface area contributed by atoms with E-state index in [2.05, 4.69) is 41.5 Å². The molecule has 2 N–H and O–H groups in total. The fourth-order valence-corrected chi connectivity index (χ4v) is 4.70. The average molecular weight is 664 g/mol. The molecule has 1 saturated carbocycles. The highest BCUT2D eigenvalue weighted by Crippen LogP contribution is 2.35. The number of hydrogen-bond acceptors (Lipinski definition) is 11. The number of fused-ring (bicyclic) bond motifs is 2. The number of nitrogens with zero attached hydrogens (tertiary/aromatic N) is 4. The predicted molar refractivity (Wildman–Crippen MR) is 168 cm³/mol. The lowest BCUT2D eigenvalue weighted by Crippen LogP contribution is -2.14. The number of rotatable bonds is 15. The van der Waals surface area contributed by atoms with Crippen LogP contribution in [0.2, 0.25) is 0 Å². The van der Waals surface area contributed by atoms with Gasteiger partial charge in [-0.15, -0.1) is 0 Å². The second kappa shape index (κ2) is 14.0. The van der Waals surface area contributed by atoms with E-state index in [0.717, 1.165) is 28.2 Å². The quantitative estimate of drug-likeness (QED) is 0.109. The van der Waals surface area contributed by atoms with Crippen LogP contribution in [0.5, 0.6) is 11.5 Å². The summed E-state index contributed by atoms with van der Waals surface area (Å²) in [4.78, 5) is 30.1. The third-order valence-electron chi connectivity index (χ3n) is 6.86. The van der Waals surface area contributed by atoms with Crippen LogP contribution in [-0.2, 0) is 14.3 Å². The van der Waals surface area contributed by atoms with Crippen molar-refractivity contribution in [2.24, 2.45) is 5.92 Å².